The molecule has 0 atom stereocenters. The minimum absolute atomic E-state index is 1.04. The number of para-hydroxylation sites is 1. The van der Waals surface area contributed by atoms with Crippen LogP contribution in [0.1, 0.15) is 49.4 Å². The number of rotatable bonds is 5. The van der Waals surface area contributed by atoms with Gasteiger partial charge in [0.05, 0.1) is 5.52 Å². The molecular formula is C31H33NS. The van der Waals surface area contributed by atoms with E-state index in [4.69, 9.17) is 0 Å². The summed E-state index contributed by atoms with van der Waals surface area (Å²) in [6.45, 7) is 18.4. The Morgan fingerprint density at radius 3 is 2.45 bits per heavy atom. The molecule has 2 heterocycles. The van der Waals surface area contributed by atoms with Crippen molar-refractivity contribution in [2.45, 2.75) is 34.6 Å². The van der Waals surface area contributed by atoms with Crippen LogP contribution >= 0.6 is 11.3 Å². The molecule has 2 aromatic heterocycles. The van der Waals surface area contributed by atoms with Crippen molar-refractivity contribution < 1.29 is 0 Å². The summed E-state index contributed by atoms with van der Waals surface area (Å²) < 4.78 is 1.17. The van der Waals surface area contributed by atoms with Crippen LogP contribution in [0.15, 0.2) is 67.3 Å². The minimum Gasteiger partial charge on any atom is -0.354 e. The molecule has 33 heavy (non-hydrogen) atoms. The lowest BCUT2D eigenvalue weighted by molar-refractivity contribution is 1.37. The second kappa shape index (κ2) is 11.0. The van der Waals surface area contributed by atoms with Gasteiger partial charge in [0.2, 0.25) is 0 Å². The van der Waals surface area contributed by atoms with Gasteiger partial charge in [0.1, 0.15) is 0 Å². The Labute approximate surface area is 201 Å². The van der Waals surface area contributed by atoms with Crippen molar-refractivity contribution in [1.29, 1.82) is 0 Å². The quantitative estimate of drug-likeness (QED) is 0.315. The average molecular weight is 452 g/mol. The predicted octanol–water partition coefficient (Wildman–Crippen LogP) is 8.20. The van der Waals surface area contributed by atoms with Crippen LogP contribution in [0, 0.1) is 6.92 Å². The molecule has 0 aliphatic carbocycles. The van der Waals surface area contributed by atoms with Gasteiger partial charge in [0.25, 0.3) is 0 Å². The lowest BCUT2D eigenvalue weighted by atomic mass is 9.97. The third kappa shape index (κ3) is 5.02. The standard InChI is InChI=1S/C29H27NS.C2H6/c1-6-11-27-20(5)25-14-10-15-26(29(25)30-27)23-13-9-12-22(17-23)21(7-2)18-28-19(4)16-24(8-3)31-28;1-2/h6-18,30H,3-4H2,1-2,5H3;1-2H3/b11-6-,21-7+,28-18+;. The molecule has 0 spiro atoms. The number of hydrogen-bond donors (Lipinski definition) is 1. The molecule has 0 amide bonds. The van der Waals surface area contributed by atoms with Crippen LogP contribution in [0.25, 0.3) is 52.4 Å². The number of allylic oxidation sites excluding steroid dienone is 3. The Balaban J connectivity index is 0.00000149. The van der Waals surface area contributed by atoms with Crippen LogP contribution in [-0.2, 0) is 0 Å². The van der Waals surface area contributed by atoms with E-state index < -0.39 is 0 Å². The zero-order valence-corrected chi connectivity index (χ0v) is 21.1. The number of nitrogens with one attached hydrogen (secondary N) is 1. The molecular weight excluding hydrogens is 418 g/mol. The van der Waals surface area contributed by atoms with Crippen LogP contribution in [-0.4, -0.2) is 4.98 Å². The molecule has 0 aliphatic heterocycles. The van der Waals surface area contributed by atoms with Gasteiger partial charge in [-0.25, -0.2) is 0 Å². The van der Waals surface area contributed by atoms with Crippen molar-refractivity contribution in [2.24, 2.45) is 0 Å². The van der Waals surface area contributed by atoms with Crippen molar-refractivity contribution in [3.05, 3.63) is 98.7 Å². The Morgan fingerprint density at radius 2 is 1.79 bits per heavy atom. The van der Waals surface area contributed by atoms with Gasteiger partial charge in [-0.2, -0.15) is 0 Å². The van der Waals surface area contributed by atoms with Gasteiger partial charge in [-0.3, -0.25) is 0 Å². The highest BCUT2D eigenvalue weighted by atomic mass is 32.1. The highest BCUT2D eigenvalue weighted by Gasteiger charge is 2.11. The molecule has 168 valence electrons. The van der Waals surface area contributed by atoms with E-state index in [9.17, 15) is 0 Å². The van der Waals surface area contributed by atoms with Crippen LogP contribution in [0.3, 0.4) is 0 Å². The SMILES string of the molecule is C=Cc1cc(=C)/c(=C\C(=C/C)c2cccc(-c3cccc4c(C)c(/C=C\C)[nH]c34)c2)s1.CC. The van der Waals surface area contributed by atoms with Crippen molar-refractivity contribution in [2.75, 3.05) is 0 Å². The Morgan fingerprint density at radius 1 is 1.03 bits per heavy atom. The van der Waals surface area contributed by atoms with E-state index in [-0.39, 0.29) is 0 Å². The van der Waals surface area contributed by atoms with Crippen molar-refractivity contribution >= 4 is 52.6 Å². The minimum atomic E-state index is 1.04. The molecule has 0 aliphatic rings. The molecule has 4 rings (SSSR count). The Hall–Kier alpha value is -3.36. The van der Waals surface area contributed by atoms with E-state index in [0.717, 1.165) is 10.1 Å². The van der Waals surface area contributed by atoms with E-state index in [0.29, 0.717) is 0 Å². The average Bonchev–Trinajstić information content (AvgIpc) is 3.38. The number of H-pyrrole nitrogens is 1. The summed E-state index contributed by atoms with van der Waals surface area (Å²) in [6.07, 6.45) is 10.5. The number of aromatic amines is 1. The van der Waals surface area contributed by atoms with E-state index in [1.807, 2.05) is 26.8 Å². The number of hydrogen-bond acceptors (Lipinski definition) is 1. The van der Waals surface area contributed by atoms with Crippen LogP contribution in [0.5, 0.6) is 0 Å². The lowest BCUT2D eigenvalue weighted by Crippen LogP contribution is -2.15. The lowest BCUT2D eigenvalue weighted by Gasteiger charge is -2.08. The second-order valence-corrected chi connectivity index (χ2v) is 8.72. The maximum atomic E-state index is 4.19. The number of thiophene rings is 1. The molecule has 2 aromatic carbocycles. The van der Waals surface area contributed by atoms with Gasteiger partial charge in [-0.1, -0.05) is 81.6 Å². The number of fused-ring (bicyclic) bond motifs is 1. The predicted molar refractivity (Wildman–Crippen MR) is 152 cm³/mol. The van der Waals surface area contributed by atoms with E-state index in [2.05, 4.69) is 105 Å². The third-order valence-corrected chi connectivity index (χ3v) is 6.75. The molecule has 2 heteroatoms. The number of benzene rings is 2. The fourth-order valence-corrected chi connectivity index (χ4v) is 4.89. The number of aromatic nitrogens is 1. The highest BCUT2D eigenvalue weighted by Crippen LogP contribution is 2.33. The maximum absolute atomic E-state index is 4.19. The summed E-state index contributed by atoms with van der Waals surface area (Å²) in [7, 11) is 0. The largest absolute Gasteiger partial charge is 0.354 e. The zero-order chi connectivity index (χ0) is 24.0. The molecule has 1 nitrogen and oxygen atoms in total. The highest BCUT2D eigenvalue weighted by molar-refractivity contribution is 7.10. The van der Waals surface area contributed by atoms with Crippen molar-refractivity contribution in [3.8, 4) is 11.1 Å². The summed E-state index contributed by atoms with van der Waals surface area (Å²) in [4.78, 5) is 4.77. The van der Waals surface area contributed by atoms with E-state index in [1.165, 1.54) is 49.0 Å². The molecule has 0 radical (unpaired) electrons. The molecule has 0 saturated carbocycles. The second-order valence-electron chi connectivity index (χ2n) is 7.60. The molecule has 4 aromatic rings. The monoisotopic (exact) mass is 451 g/mol. The van der Waals surface area contributed by atoms with Gasteiger partial charge in [0, 0.05) is 26.1 Å². The first-order chi connectivity index (χ1) is 16.0. The first-order valence-electron chi connectivity index (χ1n) is 11.5. The topological polar surface area (TPSA) is 15.8 Å². The van der Waals surface area contributed by atoms with Gasteiger partial charge >= 0.3 is 0 Å². The fraction of sp³-hybridized carbons (Fsp3) is 0.161. The van der Waals surface area contributed by atoms with E-state index >= 15 is 0 Å². The first kappa shape index (κ1) is 24.3. The molecule has 0 fully saturated rings. The van der Waals surface area contributed by atoms with Crippen molar-refractivity contribution in [3.63, 3.8) is 0 Å². The molecule has 0 saturated heterocycles. The Kier molecular flexibility index (Phi) is 8.08. The van der Waals surface area contributed by atoms with Crippen LogP contribution in [0.2, 0.25) is 0 Å². The van der Waals surface area contributed by atoms with Crippen LogP contribution in [0.4, 0.5) is 0 Å². The summed E-state index contributed by atoms with van der Waals surface area (Å²) in [5.74, 6) is 0. The number of aryl methyl sites for hydroxylation is 1. The normalized spacial score (nSPS) is 12.3. The molecule has 0 bridgehead atoms. The molecule has 1 N–H and O–H groups in total. The maximum Gasteiger partial charge on any atom is 0.0541 e. The first-order valence-corrected chi connectivity index (χ1v) is 12.3. The fourth-order valence-electron chi connectivity index (χ4n) is 3.98. The van der Waals surface area contributed by atoms with Crippen LogP contribution < -0.4 is 9.75 Å². The smallest absolute Gasteiger partial charge is 0.0541 e. The summed E-state index contributed by atoms with van der Waals surface area (Å²) >= 11 is 1.72. The zero-order valence-electron chi connectivity index (χ0n) is 20.3. The van der Waals surface area contributed by atoms with Gasteiger partial charge < -0.3 is 4.98 Å². The summed E-state index contributed by atoms with van der Waals surface area (Å²) in [5, 5.41) is 2.31. The molecule has 0 unspecified atom stereocenters. The van der Waals surface area contributed by atoms with Gasteiger partial charge in [0.15, 0.2) is 0 Å². The summed E-state index contributed by atoms with van der Waals surface area (Å²) in [6, 6.07) is 17.4. The van der Waals surface area contributed by atoms with Gasteiger partial charge in [-0.05, 0) is 72.5 Å². The van der Waals surface area contributed by atoms with Crippen molar-refractivity contribution in [1.82, 2.24) is 4.98 Å². The third-order valence-electron chi connectivity index (χ3n) is 5.63. The van der Waals surface area contributed by atoms with Gasteiger partial charge in [-0.15, -0.1) is 11.3 Å². The summed E-state index contributed by atoms with van der Waals surface area (Å²) in [5.41, 5.74) is 8.45. The van der Waals surface area contributed by atoms with E-state index in [1.54, 1.807) is 11.3 Å². The Bertz CT molecular complexity index is 1440.